The number of nitriles is 1. The van der Waals surface area contributed by atoms with Crippen molar-refractivity contribution in [3.63, 3.8) is 0 Å². The van der Waals surface area contributed by atoms with Crippen LogP contribution >= 0.6 is 12.2 Å². The molecule has 0 fully saturated rings. The van der Waals surface area contributed by atoms with E-state index >= 15 is 0 Å². The maximum absolute atomic E-state index is 11.8. The van der Waals surface area contributed by atoms with Crippen molar-refractivity contribution in [2.75, 3.05) is 0 Å². The number of benzene rings is 2. The molecule has 0 aliphatic carbocycles. The Balaban J connectivity index is 2.12. The predicted octanol–water partition coefficient (Wildman–Crippen LogP) is 3.00. The average molecular weight is 323 g/mol. The monoisotopic (exact) mass is 323 g/mol. The third-order valence-corrected chi connectivity index (χ3v) is 3.17. The lowest BCUT2D eigenvalue weighted by Gasteiger charge is -2.09. The highest BCUT2D eigenvalue weighted by molar-refractivity contribution is 7.80. The topological polar surface area (TPSA) is 88.1 Å². The molecule has 5 nitrogen and oxygen atoms in total. The van der Waals surface area contributed by atoms with Crippen molar-refractivity contribution in [1.29, 1.82) is 5.26 Å². The van der Waals surface area contributed by atoms with Gasteiger partial charge < -0.3 is 10.5 Å². The number of nitrogens with one attached hydrogen (secondary N) is 1. The molecule has 0 saturated carbocycles. The van der Waals surface area contributed by atoms with E-state index in [9.17, 15) is 10.1 Å². The molecule has 2 rings (SSSR count). The normalized spacial score (nSPS) is 10.9. The highest BCUT2D eigenvalue weighted by atomic mass is 32.1. The van der Waals surface area contributed by atoms with Gasteiger partial charge in [-0.25, -0.2) is 4.79 Å². The fraction of sp³-hybridized carbons (Fsp3) is 0. The van der Waals surface area contributed by atoms with Crippen LogP contribution in [0.4, 0.5) is 4.79 Å². The largest absolute Gasteiger partial charge is 0.417 e. The van der Waals surface area contributed by atoms with E-state index in [2.05, 4.69) is 5.32 Å². The molecule has 0 spiro atoms. The van der Waals surface area contributed by atoms with Crippen LogP contribution in [0.15, 0.2) is 66.2 Å². The Bertz CT molecular complexity index is 780. The molecule has 2 aromatic carbocycles. The minimum absolute atomic E-state index is 0.0104. The van der Waals surface area contributed by atoms with Gasteiger partial charge in [0.25, 0.3) is 0 Å². The summed E-state index contributed by atoms with van der Waals surface area (Å²) in [7, 11) is 0. The Morgan fingerprint density at radius 2 is 1.65 bits per heavy atom. The molecule has 0 saturated heterocycles. The van der Waals surface area contributed by atoms with Crippen LogP contribution in [-0.4, -0.2) is 11.1 Å². The summed E-state index contributed by atoms with van der Waals surface area (Å²) >= 11 is 5.07. The van der Waals surface area contributed by atoms with Gasteiger partial charge in [-0.15, -0.1) is 0 Å². The summed E-state index contributed by atoms with van der Waals surface area (Å²) in [6, 6.07) is 19.3. The van der Waals surface area contributed by atoms with Gasteiger partial charge in [0.1, 0.15) is 22.4 Å². The van der Waals surface area contributed by atoms with Crippen LogP contribution in [0, 0.1) is 11.3 Å². The van der Waals surface area contributed by atoms with E-state index in [1.165, 1.54) is 0 Å². The van der Waals surface area contributed by atoms with Gasteiger partial charge in [0.05, 0.1) is 5.70 Å². The summed E-state index contributed by atoms with van der Waals surface area (Å²) in [5.41, 5.74) is 6.80. The molecule has 2 aromatic rings. The summed E-state index contributed by atoms with van der Waals surface area (Å²) in [4.78, 5) is 11.7. The average Bonchev–Trinajstić information content (AvgIpc) is 2.57. The second kappa shape index (κ2) is 7.73. The molecular formula is C17H13N3O2S. The lowest BCUT2D eigenvalue weighted by atomic mass is 10.1. The van der Waals surface area contributed by atoms with Crippen LogP contribution in [0.25, 0.3) is 5.70 Å². The van der Waals surface area contributed by atoms with Crippen molar-refractivity contribution < 1.29 is 9.53 Å². The molecule has 1 amide bonds. The number of carbonyl (C=O) groups is 1. The van der Waals surface area contributed by atoms with Crippen LogP contribution in [0.1, 0.15) is 5.56 Å². The van der Waals surface area contributed by atoms with Gasteiger partial charge in [-0.3, -0.25) is 5.32 Å². The molecule has 0 radical (unpaired) electrons. The van der Waals surface area contributed by atoms with Gasteiger partial charge in [0, 0.05) is 0 Å². The maximum atomic E-state index is 11.8. The van der Waals surface area contributed by atoms with E-state index in [4.69, 9.17) is 22.7 Å². The first kappa shape index (κ1) is 16.2. The lowest BCUT2D eigenvalue weighted by Crippen LogP contribution is -2.33. The van der Waals surface area contributed by atoms with Crippen LogP contribution in [0.2, 0.25) is 0 Å². The minimum Gasteiger partial charge on any atom is -0.410 e. The Morgan fingerprint density at radius 1 is 1.09 bits per heavy atom. The third-order valence-electron chi connectivity index (χ3n) is 2.86. The van der Waals surface area contributed by atoms with Crippen molar-refractivity contribution in [2.24, 2.45) is 5.73 Å². The summed E-state index contributed by atoms with van der Waals surface area (Å²) in [6.45, 7) is 0. The van der Waals surface area contributed by atoms with Crippen molar-refractivity contribution in [1.82, 2.24) is 5.32 Å². The van der Waals surface area contributed by atoms with Crippen molar-refractivity contribution in [3.05, 3.63) is 71.8 Å². The Labute approximate surface area is 139 Å². The standard InChI is InChI=1S/C17H13N3O2S/c18-11-14(15(19)12-7-3-1-4-8-12)16(23)20-17(21)22-13-9-5-2-6-10-13/h1-10H,19H2,(H,20,21,23)/b15-14-. The molecule has 0 aliphatic rings. The van der Waals surface area contributed by atoms with Gasteiger partial charge in [-0.2, -0.15) is 5.26 Å². The number of carbonyl (C=O) groups excluding carboxylic acids is 1. The number of amides is 1. The molecule has 0 aromatic heterocycles. The van der Waals surface area contributed by atoms with Crippen molar-refractivity contribution in [2.45, 2.75) is 0 Å². The number of nitrogens with zero attached hydrogens (tertiary/aromatic N) is 1. The minimum atomic E-state index is -0.783. The molecule has 3 N–H and O–H groups in total. The second-order valence-electron chi connectivity index (χ2n) is 4.42. The molecule has 6 heteroatoms. The van der Waals surface area contributed by atoms with Gasteiger partial charge in [0.2, 0.25) is 0 Å². The SMILES string of the molecule is N#C/C(C(=S)NC(=O)Oc1ccccc1)=C(/N)c1ccccc1. The van der Waals surface area contributed by atoms with E-state index in [0.717, 1.165) is 0 Å². The van der Waals surface area contributed by atoms with Gasteiger partial charge in [-0.05, 0) is 17.7 Å². The van der Waals surface area contributed by atoms with Gasteiger partial charge in [-0.1, -0.05) is 60.7 Å². The van der Waals surface area contributed by atoms with Crippen LogP contribution in [0.3, 0.4) is 0 Å². The number of hydrogen-bond acceptors (Lipinski definition) is 5. The number of para-hydroxylation sites is 1. The van der Waals surface area contributed by atoms with Crippen molar-refractivity contribution in [3.8, 4) is 11.8 Å². The fourth-order valence-electron chi connectivity index (χ4n) is 1.77. The summed E-state index contributed by atoms with van der Waals surface area (Å²) in [5, 5.41) is 11.6. The first-order valence-electron chi connectivity index (χ1n) is 6.65. The quantitative estimate of drug-likeness (QED) is 0.515. The summed E-state index contributed by atoms with van der Waals surface area (Å²) in [6.07, 6.45) is -0.783. The molecule has 23 heavy (non-hydrogen) atoms. The summed E-state index contributed by atoms with van der Waals surface area (Å²) in [5.74, 6) is 0.367. The van der Waals surface area contributed by atoms with E-state index < -0.39 is 6.09 Å². The second-order valence-corrected chi connectivity index (χ2v) is 4.83. The van der Waals surface area contributed by atoms with E-state index in [0.29, 0.717) is 11.3 Å². The zero-order chi connectivity index (χ0) is 16.7. The van der Waals surface area contributed by atoms with Gasteiger partial charge in [0.15, 0.2) is 0 Å². The van der Waals surface area contributed by atoms with E-state index in [1.54, 1.807) is 54.6 Å². The lowest BCUT2D eigenvalue weighted by molar-refractivity contribution is 0.206. The smallest absolute Gasteiger partial charge is 0.410 e. The first-order valence-corrected chi connectivity index (χ1v) is 7.06. The zero-order valence-corrected chi connectivity index (χ0v) is 12.8. The molecule has 114 valence electrons. The van der Waals surface area contributed by atoms with Crippen LogP contribution < -0.4 is 15.8 Å². The Morgan fingerprint density at radius 3 is 2.22 bits per heavy atom. The van der Waals surface area contributed by atoms with Crippen molar-refractivity contribution >= 4 is 29.0 Å². The maximum Gasteiger partial charge on any atom is 0.417 e. The predicted molar refractivity (Wildman–Crippen MR) is 91.4 cm³/mol. The van der Waals surface area contributed by atoms with E-state index in [1.807, 2.05) is 12.1 Å². The Kier molecular flexibility index (Phi) is 5.45. The molecule has 0 bridgehead atoms. The molecule has 0 heterocycles. The number of nitrogens with two attached hydrogens (primary N) is 1. The number of rotatable bonds is 3. The summed E-state index contributed by atoms with van der Waals surface area (Å²) < 4.78 is 5.05. The molecular weight excluding hydrogens is 310 g/mol. The van der Waals surface area contributed by atoms with Crippen LogP contribution in [0.5, 0.6) is 5.75 Å². The highest BCUT2D eigenvalue weighted by Crippen LogP contribution is 2.14. The fourth-order valence-corrected chi connectivity index (χ4v) is 2.01. The number of thiocarbonyl (C=S) groups is 1. The number of hydrogen-bond donors (Lipinski definition) is 2. The Hall–Kier alpha value is -3.17. The molecule has 0 unspecified atom stereocenters. The highest BCUT2D eigenvalue weighted by Gasteiger charge is 2.15. The number of ether oxygens (including phenoxy) is 1. The third kappa shape index (κ3) is 4.40. The van der Waals surface area contributed by atoms with Crippen LogP contribution in [-0.2, 0) is 0 Å². The first-order chi connectivity index (χ1) is 11.1. The van der Waals surface area contributed by atoms with E-state index in [-0.39, 0.29) is 16.3 Å². The molecule has 0 atom stereocenters. The molecule has 0 aliphatic heterocycles. The van der Waals surface area contributed by atoms with Gasteiger partial charge >= 0.3 is 6.09 Å². The zero-order valence-electron chi connectivity index (χ0n) is 12.0.